The van der Waals surface area contributed by atoms with Crippen molar-refractivity contribution >= 4 is 11.6 Å². The van der Waals surface area contributed by atoms with Crippen molar-refractivity contribution in [2.45, 2.75) is 27.7 Å². The number of benzene rings is 1. The molecule has 0 bridgehead atoms. The molecule has 106 valence electrons. The van der Waals surface area contributed by atoms with Gasteiger partial charge in [0, 0.05) is 0 Å². The second kappa shape index (κ2) is 5.77. The second-order valence-electron chi connectivity index (χ2n) is 4.91. The highest BCUT2D eigenvalue weighted by molar-refractivity contribution is 5.92. The lowest BCUT2D eigenvalue weighted by molar-refractivity contribution is -0.118. The highest BCUT2D eigenvalue weighted by Crippen LogP contribution is 2.19. The Hall–Kier alpha value is -2.30. The molecule has 0 unspecified atom stereocenters. The summed E-state index contributed by atoms with van der Waals surface area (Å²) in [6.07, 6.45) is 0. The summed E-state index contributed by atoms with van der Waals surface area (Å²) in [5, 5.41) is 9.66. The van der Waals surface area contributed by atoms with E-state index in [-0.39, 0.29) is 12.5 Å². The SMILES string of the molecule is Cc1ccc(OCC(=O)Nc2c(C)n[nH]c2C)c(C)c1. The summed E-state index contributed by atoms with van der Waals surface area (Å²) in [5.41, 5.74) is 4.52. The average molecular weight is 273 g/mol. The fourth-order valence-electron chi connectivity index (χ4n) is 2.02. The first-order valence-electron chi connectivity index (χ1n) is 6.49. The Labute approximate surface area is 118 Å². The largest absolute Gasteiger partial charge is 0.483 e. The standard InChI is InChI=1S/C15H19N3O2/c1-9-5-6-13(10(2)7-9)20-8-14(19)16-15-11(3)17-18-12(15)4/h5-7H,8H2,1-4H3,(H,16,19)(H,17,18). The highest BCUT2D eigenvalue weighted by atomic mass is 16.5. The predicted octanol–water partition coefficient (Wildman–Crippen LogP) is 2.66. The van der Waals surface area contributed by atoms with Crippen LogP contribution in [0.15, 0.2) is 18.2 Å². The lowest BCUT2D eigenvalue weighted by Gasteiger charge is -2.10. The second-order valence-corrected chi connectivity index (χ2v) is 4.91. The highest BCUT2D eigenvalue weighted by Gasteiger charge is 2.11. The Morgan fingerprint density at radius 2 is 2.05 bits per heavy atom. The van der Waals surface area contributed by atoms with Crippen LogP contribution in [0.1, 0.15) is 22.5 Å². The van der Waals surface area contributed by atoms with Gasteiger partial charge in [-0.3, -0.25) is 9.89 Å². The van der Waals surface area contributed by atoms with E-state index in [0.717, 1.165) is 28.4 Å². The zero-order valence-electron chi connectivity index (χ0n) is 12.2. The Bertz CT molecular complexity index is 613. The van der Waals surface area contributed by atoms with Gasteiger partial charge in [0.1, 0.15) is 5.75 Å². The molecule has 1 aromatic carbocycles. The monoisotopic (exact) mass is 273 g/mol. The summed E-state index contributed by atoms with van der Waals surface area (Å²) in [4.78, 5) is 11.9. The minimum atomic E-state index is -0.197. The van der Waals surface area contributed by atoms with Crippen molar-refractivity contribution in [3.8, 4) is 5.75 Å². The Balaban J connectivity index is 1.96. The summed E-state index contributed by atoms with van der Waals surface area (Å²) in [7, 11) is 0. The number of aromatic nitrogens is 2. The van der Waals surface area contributed by atoms with Crippen LogP contribution in [0.3, 0.4) is 0 Å². The van der Waals surface area contributed by atoms with E-state index in [4.69, 9.17) is 4.74 Å². The van der Waals surface area contributed by atoms with Gasteiger partial charge in [-0.25, -0.2) is 0 Å². The third-order valence-corrected chi connectivity index (χ3v) is 3.08. The van der Waals surface area contributed by atoms with Crippen LogP contribution < -0.4 is 10.1 Å². The molecule has 2 aromatic rings. The number of hydrogen-bond donors (Lipinski definition) is 2. The fraction of sp³-hybridized carbons (Fsp3) is 0.333. The lowest BCUT2D eigenvalue weighted by Crippen LogP contribution is -2.21. The van der Waals surface area contributed by atoms with Crippen LogP contribution in [-0.4, -0.2) is 22.7 Å². The van der Waals surface area contributed by atoms with Crippen LogP contribution in [0, 0.1) is 27.7 Å². The first-order valence-corrected chi connectivity index (χ1v) is 6.49. The molecule has 2 N–H and O–H groups in total. The number of H-pyrrole nitrogens is 1. The van der Waals surface area contributed by atoms with Gasteiger partial charge in [-0.15, -0.1) is 0 Å². The number of nitrogens with zero attached hydrogens (tertiary/aromatic N) is 1. The third-order valence-electron chi connectivity index (χ3n) is 3.08. The van der Waals surface area contributed by atoms with E-state index in [1.807, 2.05) is 45.9 Å². The van der Waals surface area contributed by atoms with E-state index >= 15 is 0 Å². The summed E-state index contributed by atoms with van der Waals surface area (Å²) in [6.45, 7) is 7.66. The van der Waals surface area contributed by atoms with Crippen molar-refractivity contribution in [2.24, 2.45) is 0 Å². The molecule has 0 radical (unpaired) electrons. The number of ether oxygens (including phenoxy) is 1. The van der Waals surface area contributed by atoms with E-state index in [1.165, 1.54) is 5.56 Å². The van der Waals surface area contributed by atoms with E-state index in [0.29, 0.717) is 0 Å². The number of hydrogen-bond acceptors (Lipinski definition) is 3. The molecule has 5 nitrogen and oxygen atoms in total. The number of amides is 1. The van der Waals surface area contributed by atoms with Gasteiger partial charge in [-0.1, -0.05) is 17.7 Å². The van der Waals surface area contributed by atoms with Crippen LogP contribution in [0.2, 0.25) is 0 Å². The van der Waals surface area contributed by atoms with Crippen LogP contribution in [0.4, 0.5) is 5.69 Å². The topological polar surface area (TPSA) is 67.0 Å². The number of carbonyl (C=O) groups excluding carboxylic acids is 1. The Morgan fingerprint density at radius 1 is 1.30 bits per heavy atom. The van der Waals surface area contributed by atoms with Gasteiger partial charge < -0.3 is 10.1 Å². The molecule has 0 saturated heterocycles. The number of anilines is 1. The summed E-state index contributed by atoms with van der Waals surface area (Å²) in [5.74, 6) is 0.531. The molecule has 0 saturated carbocycles. The van der Waals surface area contributed by atoms with Crippen LogP contribution in [0.5, 0.6) is 5.75 Å². The number of aromatic amines is 1. The van der Waals surface area contributed by atoms with Crippen LogP contribution in [-0.2, 0) is 4.79 Å². The van der Waals surface area contributed by atoms with Crippen molar-refractivity contribution in [3.05, 3.63) is 40.7 Å². The molecular formula is C15H19N3O2. The average Bonchev–Trinajstić information content (AvgIpc) is 2.69. The van der Waals surface area contributed by atoms with Gasteiger partial charge in [0.05, 0.1) is 17.1 Å². The first-order chi connectivity index (χ1) is 9.47. The van der Waals surface area contributed by atoms with Gasteiger partial charge in [-0.05, 0) is 39.3 Å². The first kappa shape index (κ1) is 14.1. The maximum absolute atomic E-state index is 11.9. The fourth-order valence-corrected chi connectivity index (χ4v) is 2.02. The molecule has 20 heavy (non-hydrogen) atoms. The molecule has 0 aliphatic heterocycles. The Morgan fingerprint density at radius 3 is 2.65 bits per heavy atom. The Kier molecular flexibility index (Phi) is 4.08. The van der Waals surface area contributed by atoms with Gasteiger partial charge >= 0.3 is 0 Å². The predicted molar refractivity (Wildman–Crippen MR) is 78.1 cm³/mol. The van der Waals surface area contributed by atoms with Crippen LogP contribution >= 0.6 is 0 Å². The molecule has 1 amide bonds. The quantitative estimate of drug-likeness (QED) is 0.900. The van der Waals surface area contributed by atoms with E-state index in [1.54, 1.807) is 0 Å². The maximum atomic E-state index is 11.9. The third kappa shape index (κ3) is 3.17. The minimum Gasteiger partial charge on any atom is -0.483 e. The van der Waals surface area contributed by atoms with Crippen molar-refractivity contribution < 1.29 is 9.53 Å². The van der Waals surface area contributed by atoms with Crippen molar-refractivity contribution in [3.63, 3.8) is 0 Å². The van der Waals surface area contributed by atoms with Gasteiger partial charge in [-0.2, -0.15) is 5.10 Å². The molecular weight excluding hydrogens is 254 g/mol. The summed E-state index contributed by atoms with van der Waals surface area (Å²) >= 11 is 0. The molecule has 0 fully saturated rings. The molecule has 0 spiro atoms. The van der Waals surface area contributed by atoms with Crippen molar-refractivity contribution in [2.75, 3.05) is 11.9 Å². The van der Waals surface area contributed by atoms with Gasteiger partial charge in [0.15, 0.2) is 6.61 Å². The van der Waals surface area contributed by atoms with E-state index < -0.39 is 0 Å². The molecule has 1 aromatic heterocycles. The smallest absolute Gasteiger partial charge is 0.262 e. The van der Waals surface area contributed by atoms with Gasteiger partial charge in [0.25, 0.3) is 5.91 Å². The molecule has 2 rings (SSSR count). The molecule has 1 heterocycles. The number of nitrogens with one attached hydrogen (secondary N) is 2. The summed E-state index contributed by atoms with van der Waals surface area (Å²) < 4.78 is 5.54. The van der Waals surface area contributed by atoms with Gasteiger partial charge in [0.2, 0.25) is 0 Å². The van der Waals surface area contributed by atoms with Crippen molar-refractivity contribution in [1.29, 1.82) is 0 Å². The number of rotatable bonds is 4. The molecule has 0 aliphatic carbocycles. The molecule has 0 aliphatic rings. The summed E-state index contributed by atoms with van der Waals surface area (Å²) in [6, 6.07) is 5.87. The maximum Gasteiger partial charge on any atom is 0.262 e. The lowest BCUT2D eigenvalue weighted by atomic mass is 10.1. The minimum absolute atomic E-state index is 0.0199. The molecule has 0 atom stereocenters. The number of aryl methyl sites for hydroxylation is 4. The normalized spacial score (nSPS) is 10.4. The number of carbonyl (C=O) groups is 1. The zero-order valence-corrected chi connectivity index (χ0v) is 12.2. The van der Waals surface area contributed by atoms with E-state index in [9.17, 15) is 4.79 Å². The molecule has 5 heteroatoms. The van der Waals surface area contributed by atoms with Crippen LogP contribution in [0.25, 0.3) is 0 Å². The zero-order chi connectivity index (χ0) is 14.7. The van der Waals surface area contributed by atoms with Crippen molar-refractivity contribution in [1.82, 2.24) is 10.2 Å². The van der Waals surface area contributed by atoms with E-state index in [2.05, 4.69) is 15.5 Å².